The fourth-order valence-corrected chi connectivity index (χ4v) is 1.90. The molecule has 0 bridgehead atoms. The molecule has 0 aliphatic carbocycles. The molecular formula is C11H13N5O. The molecule has 6 nitrogen and oxygen atoms in total. The van der Waals surface area contributed by atoms with Crippen LogP contribution in [0.4, 0.5) is 0 Å². The molecule has 88 valence electrons. The Kier molecular flexibility index (Phi) is 2.29. The van der Waals surface area contributed by atoms with Crippen molar-refractivity contribution in [2.45, 2.75) is 19.1 Å². The highest BCUT2D eigenvalue weighted by molar-refractivity contribution is 5.95. The lowest BCUT2D eigenvalue weighted by atomic mass is 10.2. The summed E-state index contributed by atoms with van der Waals surface area (Å²) in [6.45, 7) is 1.65. The third kappa shape index (κ3) is 1.76. The largest absolute Gasteiger partial charge is 0.382 e. The Labute approximate surface area is 97.9 Å². The molecule has 0 spiro atoms. The van der Waals surface area contributed by atoms with Crippen molar-refractivity contribution in [1.29, 1.82) is 5.41 Å². The Bertz CT molecular complexity index is 572. The van der Waals surface area contributed by atoms with Crippen LogP contribution in [0.25, 0.3) is 11.0 Å². The molecular weight excluding hydrogens is 218 g/mol. The molecule has 3 rings (SSSR count). The normalized spacial score (nSPS) is 19.2. The number of nitrogens with one attached hydrogen (secondary N) is 1. The van der Waals surface area contributed by atoms with Crippen LogP contribution >= 0.6 is 0 Å². The van der Waals surface area contributed by atoms with E-state index in [4.69, 9.17) is 15.9 Å². The highest BCUT2D eigenvalue weighted by atomic mass is 16.5. The zero-order chi connectivity index (χ0) is 11.8. The minimum atomic E-state index is -0.0382. The van der Waals surface area contributed by atoms with Gasteiger partial charge in [0.25, 0.3) is 0 Å². The molecule has 1 aliphatic rings. The highest BCUT2D eigenvalue weighted by Crippen LogP contribution is 2.18. The quantitative estimate of drug-likeness (QED) is 0.594. The number of nitrogen functional groups attached to an aromatic ring is 1. The summed E-state index contributed by atoms with van der Waals surface area (Å²) < 4.78 is 7.42. The van der Waals surface area contributed by atoms with Crippen molar-refractivity contribution < 1.29 is 4.74 Å². The van der Waals surface area contributed by atoms with E-state index < -0.39 is 0 Å². The number of rotatable bonds is 3. The summed E-state index contributed by atoms with van der Waals surface area (Å²) in [5.74, 6) is -0.0382. The lowest BCUT2D eigenvalue weighted by molar-refractivity contribution is -0.0586. The number of pyridine rings is 1. The molecule has 0 radical (unpaired) electrons. The summed E-state index contributed by atoms with van der Waals surface area (Å²) in [4.78, 5) is 8.43. The summed E-state index contributed by atoms with van der Waals surface area (Å²) in [5.41, 5.74) is 7.61. The predicted molar refractivity (Wildman–Crippen MR) is 62.9 cm³/mol. The van der Waals surface area contributed by atoms with Gasteiger partial charge in [0.05, 0.1) is 36.2 Å². The van der Waals surface area contributed by atoms with Crippen LogP contribution in [0.3, 0.4) is 0 Å². The number of hydrogen-bond acceptors (Lipinski definition) is 4. The van der Waals surface area contributed by atoms with E-state index in [9.17, 15) is 0 Å². The van der Waals surface area contributed by atoms with E-state index in [1.54, 1.807) is 18.6 Å². The lowest BCUT2D eigenvalue weighted by Gasteiger charge is -2.26. The highest BCUT2D eigenvalue weighted by Gasteiger charge is 2.19. The van der Waals surface area contributed by atoms with Crippen molar-refractivity contribution in [3.63, 3.8) is 0 Å². The maximum atomic E-state index is 7.33. The van der Waals surface area contributed by atoms with E-state index in [0.717, 1.165) is 30.6 Å². The topological polar surface area (TPSA) is 89.8 Å². The third-order valence-electron chi connectivity index (χ3n) is 2.98. The lowest BCUT2D eigenvalue weighted by Crippen LogP contribution is -2.30. The summed E-state index contributed by atoms with van der Waals surface area (Å²) >= 11 is 0. The van der Waals surface area contributed by atoms with Crippen molar-refractivity contribution in [2.24, 2.45) is 5.73 Å². The molecule has 0 saturated carbocycles. The molecule has 1 atom stereocenters. The molecule has 0 aromatic carbocycles. The van der Waals surface area contributed by atoms with Crippen molar-refractivity contribution >= 4 is 16.9 Å². The summed E-state index contributed by atoms with van der Waals surface area (Å²) in [5, 5.41) is 7.33. The van der Waals surface area contributed by atoms with Crippen LogP contribution in [0.1, 0.15) is 12.1 Å². The van der Waals surface area contributed by atoms with Gasteiger partial charge in [-0.05, 0) is 12.5 Å². The number of fused-ring (bicyclic) bond motifs is 1. The van der Waals surface area contributed by atoms with Crippen LogP contribution in [0.5, 0.6) is 0 Å². The number of imidazole rings is 1. The van der Waals surface area contributed by atoms with Crippen molar-refractivity contribution in [3.8, 4) is 0 Å². The summed E-state index contributed by atoms with van der Waals surface area (Å²) in [6, 6.07) is 1.73. The van der Waals surface area contributed by atoms with Gasteiger partial charge in [0.15, 0.2) is 0 Å². The predicted octanol–water partition coefficient (Wildman–Crippen LogP) is 0.504. The van der Waals surface area contributed by atoms with E-state index in [1.807, 2.05) is 4.57 Å². The Morgan fingerprint density at radius 3 is 3.06 bits per heavy atom. The molecule has 0 amide bonds. The van der Waals surface area contributed by atoms with Gasteiger partial charge in [-0.3, -0.25) is 10.4 Å². The SMILES string of the molecule is N=C(N)c1cc2ncn(CC3CCO3)c2cn1. The molecule has 1 saturated heterocycles. The first-order chi connectivity index (χ1) is 8.24. The van der Waals surface area contributed by atoms with Gasteiger partial charge in [0.1, 0.15) is 11.5 Å². The molecule has 1 fully saturated rings. The van der Waals surface area contributed by atoms with Crippen LogP contribution < -0.4 is 5.73 Å². The van der Waals surface area contributed by atoms with E-state index in [0.29, 0.717) is 11.8 Å². The fraction of sp³-hybridized carbons (Fsp3) is 0.364. The van der Waals surface area contributed by atoms with Gasteiger partial charge in [0, 0.05) is 6.61 Å². The van der Waals surface area contributed by atoms with Gasteiger partial charge in [-0.25, -0.2) is 4.98 Å². The van der Waals surface area contributed by atoms with Crippen LogP contribution in [0, 0.1) is 5.41 Å². The summed E-state index contributed by atoms with van der Waals surface area (Å²) in [7, 11) is 0. The van der Waals surface area contributed by atoms with E-state index >= 15 is 0 Å². The number of aromatic nitrogens is 3. The Morgan fingerprint density at radius 1 is 1.59 bits per heavy atom. The van der Waals surface area contributed by atoms with Crippen LogP contribution in [0.15, 0.2) is 18.6 Å². The van der Waals surface area contributed by atoms with Gasteiger partial charge in [-0.2, -0.15) is 0 Å². The first-order valence-electron chi connectivity index (χ1n) is 5.51. The van der Waals surface area contributed by atoms with Crippen molar-refractivity contribution in [2.75, 3.05) is 6.61 Å². The average molecular weight is 231 g/mol. The zero-order valence-electron chi connectivity index (χ0n) is 9.26. The Balaban J connectivity index is 1.95. The van der Waals surface area contributed by atoms with Crippen molar-refractivity contribution in [1.82, 2.24) is 14.5 Å². The van der Waals surface area contributed by atoms with E-state index in [1.165, 1.54) is 0 Å². The van der Waals surface area contributed by atoms with Crippen LogP contribution in [-0.4, -0.2) is 33.1 Å². The zero-order valence-corrected chi connectivity index (χ0v) is 9.26. The van der Waals surface area contributed by atoms with E-state index in [-0.39, 0.29) is 5.84 Å². The minimum absolute atomic E-state index is 0.0382. The van der Waals surface area contributed by atoms with Crippen LogP contribution in [0.2, 0.25) is 0 Å². The van der Waals surface area contributed by atoms with Gasteiger partial charge < -0.3 is 15.0 Å². The molecule has 6 heteroatoms. The molecule has 1 aliphatic heterocycles. The maximum absolute atomic E-state index is 7.33. The van der Waals surface area contributed by atoms with Gasteiger partial charge in [-0.15, -0.1) is 0 Å². The monoisotopic (exact) mass is 231 g/mol. The molecule has 3 heterocycles. The molecule has 2 aromatic heterocycles. The number of amidine groups is 1. The fourth-order valence-electron chi connectivity index (χ4n) is 1.90. The smallest absolute Gasteiger partial charge is 0.141 e. The number of nitrogens with zero attached hydrogens (tertiary/aromatic N) is 3. The molecule has 3 N–H and O–H groups in total. The van der Waals surface area contributed by atoms with Crippen LogP contribution in [-0.2, 0) is 11.3 Å². The van der Waals surface area contributed by atoms with Gasteiger partial charge in [-0.1, -0.05) is 0 Å². The first kappa shape index (κ1) is 10.2. The second kappa shape index (κ2) is 3.81. The van der Waals surface area contributed by atoms with Gasteiger partial charge in [0.2, 0.25) is 0 Å². The second-order valence-corrected chi connectivity index (χ2v) is 4.15. The summed E-state index contributed by atoms with van der Waals surface area (Å²) in [6.07, 6.45) is 4.87. The molecule has 17 heavy (non-hydrogen) atoms. The average Bonchev–Trinajstić information content (AvgIpc) is 2.65. The van der Waals surface area contributed by atoms with E-state index in [2.05, 4.69) is 9.97 Å². The molecule has 2 aromatic rings. The van der Waals surface area contributed by atoms with Gasteiger partial charge >= 0.3 is 0 Å². The minimum Gasteiger partial charge on any atom is -0.382 e. The number of hydrogen-bond donors (Lipinski definition) is 2. The first-order valence-corrected chi connectivity index (χ1v) is 5.51. The Hall–Kier alpha value is -1.95. The number of nitrogens with two attached hydrogens (primary N) is 1. The molecule has 1 unspecified atom stereocenters. The van der Waals surface area contributed by atoms with Crippen molar-refractivity contribution in [3.05, 3.63) is 24.3 Å². The second-order valence-electron chi connectivity index (χ2n) is 4.15. The third-order valence-corrected chi connectivity index (χ3v) is 2.98. The Morgan fingerprint density at radius 2 is 2.41 bits per heavy atom. The maximum Gasteiger partial charge on any atom is 0.141 e. The number of ether oxygens (including phenoxy) is 1. The standard InChI is InChI=1S/C11H13N5O/c12-11(13)9-3-8-10(4-14-9)16(6-15-8)5-7-1-2-17-7/h3-4,6-7H,1-2,5H2,(H3,12,13).